The summed E-state index contributed by atoms with van der Waals surface area (Å²) in [4.78, 5) is 22.0. The van der Waals surface area contributed by atoms with Crippen LogP contribution in [0.3, 0.4) is 0 Å². The van der Waals surface area contributed by atoms with Gasteiger partial charge >= 0.3 is 5.97 Å². The van der Waals surface area contributed by atoms with Crippen molar-refractivity contribution in [3.05, 3.63) is 42.2 Å². The van der Waals surface area contributed by atoms with Crippen molar-refractivity contribution in [3.63, 3.8) is 0 Å². The number of nitrogens with one attached hydrogen (secondary N) is 1. The molecule has 0 bridgehead atoms. The zero-order valence-electron chi connectivity index (χ0n) is 8.37. The predicted molar refractivity (Wildman–Crippen MR) is 56.8 cm³/mol. The number of aromatic carboxylic acids is 1. The van der Waals surface area contributed by atoms with Crippen molar-refractivity contribution in [2.45, 2.75) is 6.42 Å². The van der Waals surface area contributed by atoms with Crippen LogP contribution in [0, 0.1) is 5.82 Å². The Morgan fingerprint density at radius 2 is 2.19 bits per heavy atom. The van der Waals surface area contributed by atoms with E-state index >= 15 is 0 Å². The van der Waals surface area contributed by atoms with E-state index in [2.05, 4.69) is 11.9 Å². The van der Waals surface area contributed by atoms with E-state index in [1.807, 2.05) is 0 Å². The van der Waals surface area contributed by atoms with Gasteiger partial charge in [0.25, 0.3) is 0 Å². The first-order valence-electron chi connectivity index (χ1n) is 4.48. The lowest BCUT2D eigenvalue weighted by Gasteiger charge is -2.08. The molecule has 1 rings (SSSR count). The average Bonchev–Trinajstić information content (AvgIpc) is 2.21. The number of benzene rings is 1. The van der Waals surface area contributed by atoms with Gasteiger partial charge < -0.3 is 10.4 Å². The summed E-state index contributed by atoms with van der Waals surface area (Å²) in [5, 5.41) is 11.0. The Morgan fingerprint density at radius 3 is 2.75 bits per heavy atom. The van der Waals surface area contributed by atoms with Crippen molar-refractivity contribution in [2.24, 2.45) is 0 Å². The van der Waals surface area contributed by atoms with Gasteiger partial charge in [-0.3, -0.25) is 4.79 Å². The average molecular weight is 223 g/mol. The number of hydrogen-bond donors (Lipinski definition) is 2. The van der Waals surface area contributed by atoms with Gasteiger partial charge in [0.05, 0.1) is 11.3 Å². The molecule has 0 radical (unpaired) electrons. The molecular weight excluding hydrogens is 213 g/mol. The summed E-state index contributed by atoms with van der Waals surface area (Å²) >= 11 is 0. The van der Waals surface area contributed by atoms with Gasteiger partial charge in [-0.2, -0.15) is 0 Å². The molecule has 0 aliphatic carbocycles. The summed E-state index contributed by atoms with van der Waals surface area (Å²) in [5.74, 6) is -2.59. The molecule has 5 heteroatoms. The van der Waals surface area contributed by atoms with Crippen LogP contribution in [-0.4, -0.2) is 17.0 Å². The van der Waals surface area contributed by atoms with Gasteiger partial charge in [0, 0.05) is 6.42 Å². The molecule has 0 atom stereocenters. The molecule has 1 aromatic rings. The molecule has 0 aliphatic heterocycles. The number of rotatable bonds is 4. The Labute approximate surface area is 91.4 Å². The molecule has 84 valence electrons. The Kier molecular flexibility index (Phi) is 3.77. The fraction of sp³-hybridized carbons (Fsp3) is 0.0909. The van der Waals surface area contributed by atoms with Gasteiger partial charge in [-0.15, -0.1) is 6.58 Å². The standard InChI is InChI=1S/C11H10FNO3/c1-2-4-9(14)13-10-7(11(15)16)5-3-6-8(10)12/h2-3,5-6H,1,4H2,(H,13,14)(H,15,16). The summed E-state index contributed by atoms with van der Waals surface area (Å²) in [6.45, 7) is 3.35. The molecule has 0 saturated heterocycles. The first-order chi connectivity index (χ1) is 7.56. The molecule has 0 fully saturated rings. The van der Waals surface area contributed by atoms with Gasteiger partial charge in [0.1, 0.15) is 5.82 Å². The zero-order chi connectivity index (χ0) is 12.1. The fourth-order valence-electron chi connectivity index (χ4n) is 1.15. The van der Waals surface area contributed by atoms with Crippen molar-refractivity contribution in [2.75, 3.05) is 5.32 Å². The summed E-state index contributed by atoms with van der Waals surface area (Å²) in [7, 11) is 0. The molecule has 0 aliphatic rings. The van der Waals surface area contributed by atoms with Gasteiger partial charge in [0.15, 0.2) is 0 Å². The maximum absolute atomic E-state index is 13.3. The number of carboxylic acids is 1. The van der Waals surface area contributed by atoms with Crippen molar-refractivity contribution < 1.29 is 19.1 Å². The van der Waals surface area contributed by atoms with Crippen LogP contribution in [-0.2, 0) is 4.79 Å². The van der Waals surface area contributed by atoms with Crippen LogP contribution in [0.25, 0.3) is 0 Å². The molecule has 0 spiro atoms. The van der Waals surface area contributed by atoms with E-state index < -0.39 is 17.7 Å². The minimum absolute atomic E-state index is 0.00655. The summed E-state index contributed by atoms with van der Waals surface area (Å²) in [5.41, 5.74) is -0.598. The van der Waals surface area contributed by atoms with Crippen LogP contribution >= 0.6 is 0 Å². The molecule has 0 heterocycles. The van der Waals surface area contributed by atoms with Crippen LogP contribution in [0.15, 0.2) is 30.9 Å². The van der Waals surface area contributed by atoms with Crippen molar-refractivity contribution in [1.82, 2.24) is 0 Å². The number of para-hydroxylation sites is 1. The first kappa shape index (κ1) is 11.9. The highest BCUT2D eigenvalue weighted by Crippen LogP contribution is 2.19. The number of carbonyl (C=O) groups excluding carboxylic acids is 1. The van der Waals surface area contributed by atoms with Crippen LogP contribution in [0.2, 0.25) is 0 Å². The van der Waals surface area contributed by atoms with Gasteiger partial charge in [0.2, 0.25) is 5.91 Å². The number of carbonyl (C=O) groups is 2. The van der Waals surface area contributed by atoms with Gasteiger partial charge in [-0.05, 0) is 12.1 Å². The van der Waals surface area contributed by atoms with E-state index in [0.717, 1.165) is 6.07 Å². The van der Waals surface area contributed by atoms with Crippen molar-refractivity contribution in [1.29, 1.82) is 0 Å². The van der Waals surface area contributed by atoms with Crippen LogP contribution < -0.4 is 5.32 Å². The Balaban J connectivity index is 3.06. The minimum Gasteiger partial charge on any atom is -0.478 e. The second kappa shape index (κ2) is 5.06. The molecule has 0 unspecified atom stereocenters. The van der Waals surface area contributed by atoms with Gasteiger partial charge in [-0.25, -0.2) is 9.18 Å². The van der Waals surface area contributed by atoms with E-state index in [-0.39, 0.29) is 17.7 Å². The van der Waals surface area contributed by atoms with E-state index in [9.17, 15) is 14.0 Å². The normalized spacial score (nSPS) is 9.56. The van der Waals surface area contributed by atoms with E-state index in [4.69, 9.17) is 5.11 Å². The van der Waals surface area contributed by atoms with Crippen LogP contribution in [0.1, 0.15) is 16.8 Å². The predicted octanol–water partition coefficient (Wildman–Crippen LogP) is 2.04. The maximum atomic E-state index is 13.3. The largest absolute Gasteiger partial charge is 0.478 e. The third kappa shape index (κ3) is 2.66. The molecule has 0 aromatic heterocycles. The molecule has 1 amide bonds. The van der Waals surface area contributed by atoms with Crippen molar-refractivity contribution >= 4 is 17.6 Å². The number of halogens is 1. The molecule has 16 heavy (non-hydrogen) atoms. The fourth-order valence-corrected chi connectivity index (χ4v) is 1.15. The lowest BCUT2D eigenvalue weighted by molar-refractivity contribution is -0.115. The summed E-state index contributed by atoms with van der Waals surface area (Å²) in [6, 6.07) is 3.56. The first-order valence-corrected chi connectivity index (χ1v) is 4.48. The van der Waals surface area contributed by atoms with E-state index in [1.165, 1.54) is 18.2 Å². The second-order valence-electron chi connectivity index (χ2n) is 3.01. The molecule has 1 aromatic carbocycles. The third-order valence-corrected chi connectivity index (χ3v) is 1.84. The maximum Gasteiger partial charge on any atom is 0.337 e. The SMILES string of the molecule is C=CCC(=O)Nc1c(F)cccc1C(=O)O. The quantitative estimate of drug-likeness (QED) is 0.767. The molecule has 4 nitrogen and oxygen atoms in total. The third-order valence-electron chi connectivity index (χ3n) is 1.84. The van der Waals surface area contributed by atoms with E-state index in [1.54, 1.807) is 0 Å². The topological polar surface area (TPSA) is 66.4 Å². The highest BCUT2D eigenvalue weighted by Gasteiger charge is 2.15. The number of carboxylic acid groups (broad SMARTS) is 1. The smallest absolute Gasteiger partial charge is 0.337 e. The molecule has 2 N–H and O–H groups in total. The monoisotopic (exact) mass is 223 g/mol. The lowest BCUT2D eigenvalue weighted by Crippen LogP contribution is -2.15. The number of hydrogen-bond acceptors (Lipinski definition) is 2. The zero-order valence-corrected chi connectivity index (χ0v) is 8.37. The van der Waals surface area contributed by atoms with Crippen molar-refractivity contribution in [3.8, 4) is 0 Å². The summed E-state index contributed by atoms with van der Waals surface area (Å²) < 4.78 is 13.3. The number of amides is 1. The molecule has 0 saturated carbocycles. The van der Waals surface area contributed by atoms with Gasteiger partial charge in [-0.1, -0.05) is 12.1 Å². The van der Waals surface area contributed by atoms with Crippen LogP contribution in [0.4, 0.5) is 10.1 Å². The minimum atomic E-state index is -1.30. The highest BCUT2D eigenvalue weighted by molar-refractivity contribution is 6.00. The molecular formula is C11H10FNO3. The summed E-state index contributed by atoms with van der Waals surface area (Å²) in [6.07, 6.45) is 1.34. The van der Waals surface area contributed by atoms with Crippen LogP contribution in [0.5, 0.6) is 0 Å². The lowest BCUT2D eigenvalue weighted by atomic mass is 10.1. The highest BCUT2D eigenvalue weighted by atomic mass is 19.1. The Morgan fingerprint density at radius 1 is 1.50 bits per heavy atom. The second-order valence-corrected chi connectivity index (χ2v) is 3.01. The van der Waals surface area contributed by atoms with E-state index in [0.29, 0.717) is 0 Å². The Hall–Kier alpha value is -2.17. The number of anilines is 1. The Bertz CT molecular complexity index is 443.